The number of ketones is 1. The summed E-state index contributed by atoms with van der Waals surface area (Å²) in [6.45, 7) is 0. The second-order valence-corrected chi connectivity index (χ2v) is 3.81. The van der Waals surface area contributed by atoms with Crippen molar-refractivity contribution < 1.29 is 19.6 Å². The topological polar surface area (TPSA) is 159 Å². The van der Waals surface area contributed by atoms with Gasteiger partial charge in [0.05, 0.1) is 4.92 Å². The number of carboxylic acid groups (broad SMARTS) is 1. The number of nitrogens with zero attached hydrogens (tertiary/aromatic N) is 1. The van der Waals surface area contributed by atoms with Crippen LogP contribution in [0, 0.1) is 10.1 Å². The average Bonchev–Trinajstić information content (AvgIpc) is 2.47. The normalized spacial score (nSPS) is 8.73. The molecule has 8 heteroatoms. The second kappa shape index (κ2) is 8.82. The van der Waals surface area contributed by atoms with Crippen molar-refractivity contribution >= 4 is 17.6 Å². The number of hydrogen-bond donors (Lipinski definition) is 3. The third-order valence-electron chi connectivity index (χ3n) is 2.38. The maximum atomic E-state index is 12.1. The first kappa shape index (κ1) is 18.7. The van der Waals surface area contributed by atoms with E-state index in [1.807, 2.05) is 0 Å². The zero-order chi connectivity index (χ0) is 15.8. The van der Waals surface area contributed by atoms with Crippen LogP contribution in [-0.2, 0) is 0 Å². The number of carbonyl (C=O) groups is 2. The highest BCUT2D eigenvalue weighted by Crippen LogP contribution is 2.20. The van der Waals surface area contributed by atoms with Gasteiger partial charge in [-0.3, -0.25) is 14.9 Å². The van der Waals surface area contributed by atoms with Gasteiger partial charge in [-0.25, -0.2) is 4.79 Å². The summed E-state index contributed by atoms with van der Waals surface area (Å²) in [4.78, 5) is 31.1. The molecule has 1 amide bonds. The molecule has 0 unspecified atom stereocenters. The van der Waals surface area contributed by atoms with Crippen LogP contribution in [0.25, 0.3) is 0 Å². The fourth-order valence-electron chi connectivity index (χ4n) is 1.57. The quantitative estimate of drug-likeness (QED) is 0.449. The van der Waals surface area contributed by atoms with E-state index < -0.39 is 11.0 Å². The van der Waals surface area contributed by atoms with Crippen LogP contribution in [0.2, 0.25) is 0 Å². The SMILES string of the molecule is N.NC(=O)O.O=C(c1ccccc1)c1ccccc1[N+](=O)[O-]. The Hall–Kier alpha value is -3.26. The molecule has 0 atom stereocenters. The number of benzene rings is 2. The highest BCUT2D eigenvalue weighted by molar-refractivity contribution is 6.11. The molecule has 2 aromatic rings. The van der Waals surface area contributed by atoms with Gasteiger partial charge < -0.3 is 17.0 Å². The summed E-state index contributed by atoms with van der Waals surface area (Å²) in [5.41, 5.74) is 4.42. The van der Waals surface area contributed by atoms with Gasteiger partial charge in [-0.2, -0.15) is 0 Å². The van der Waals surface area contributed by atoms with Crippen LogP contribution in [0.4, 0.5) is 10.5 Å². The molecule has 8 nitrogen and oxygen atoms in total. The summed E-state index contributed by atoms with van der Waals surface area (Å²) in [6.07, 6.45) is -1.33. The highest BCUT2D eigenvalue weighted by Gasteiger charge is 2.19. The van der Waals surface area contributed by atoms with Gasteiger partial charge in [0.2, 0.25) is 0 Å². The van der Waals surface area contributed by atoms with Gasteiger partial charge in [0.25, 0.3) is 5.69 Å². The Labute approximate surface area is 125 Å². The van der Waals surface area contributed by atoms with E-state index in [4.69, 9.17) is 9.90 Å². The number of para-hydroxylation sites is 1. The molecule has 0 bridgehead atoms. The van der Waals surface area contributed by atoms with Gasteiger partial charge in [0, 0.05) is 11.6 Å². The van der Waals surface area contributed by atoms with Crippen LogP contribution < -0.4 is 11.9 Å². The lowest BCUT2D eigenvalue weighted by molar-refractivity contribution is -0.385. The minimum absolute atomic E-state index is 0. The number of nitrogens with two attached hydrogens (primary N) is 1. The predicted octanol–water partition coefficient (Wildman–Crippen LogP) is 2.61. The molecule has 0 saturated heterocycles. The molecule has 0 saturated carbocycles. The molecule has 0 fully saturated rings. The Bertz CT molecular complexity index is 655. The van der Waals surface area contributed by atoms with Crippen molar-refractivity contribution in [2.24, 2.45) is 5.73 Å². The van der Waals surface area contributed by atoms with Crippen molar-refractivity contribution in [2.75, 3.05) is 0 Å². The molecule has 0 aromatic heterocycles. The van der Waals surface area contributed by atoms with Crippen molar-refractivity contribution in [1.29, 1.82) is 0 Å². The average molecular weight is 305 g/mol. The van der Waals surface area contributed by atoms with Crippen LogP contribution in [0.1, 0.15) is 15.9 Å². The van der Waals surface area contributed by atoms with E-state index >= 15 is 0 Å². The van der Waals surface area contributed by atoms with Crippen molar-refractivity contribution in [3.05, 3.63) is 75.8 Å². The number of hydrogen-bond acceptors (Lipinski definition) is 5. The Kier molecular flexibility index (Phi) is 7.51. The molecule has 0 aliphatic carbocycles. The van der Waals surface area contributed by atoms with Crippen LogP contribution in [0.3, 0.4) is 0 Å². The molecule has 6 N–H and O–H groups in total. The number of carbonyl (C=O) groups excluding carboxylic acids is 1. The van der Waals surface area contributed by atoms with Crippen molar-refractivity contribution in [3.8, 4) is 0 Å². The monoisotopic (exact) mass is 305 g/mol. The maximum absolute atomic E-state index is 12.1. The van der Waals surface area contributed by atoms with E-state index in [2.05, 4.69) is 5.73 Å². The van der Waals surface area contributed by atoms with Gasteiger partial charge in [-0.05, 0) is 6.07 Å². The lowest BCUT2D eigenvalue weighted by Crippen LogP contribution is -2.04. The second-order valence-electron chi connectivity index (χ2n) is 3.81. The van der Waals surface area contributed by atoms with E-state index in [-0.39, 0.29) is 23.2 Å². The lowest BCUT2D eigenvalue weighted by Gasteiger charge is -2.01. The van der Waals surface area contributed by atoms with Crippen LogP contribution >= 0.6 is 0 Å². The number of amides is 1. The van der Waals surface area contributed by atoms with Crippen molar-refractivity contribution in [2.45, 2.75) is 0 Å². The fourth-order valence-corrected chi connectivity index (χ4v) is 1.57. The summed E-state index contributed by atoms with van der Waals surface area (Å²) >= 11 is 0. The molecule has 2 rings (SSSR count). The summed E-state index contributed by atoms with van der Waals surface area (Å²) < 4.78 is 0. The molecule has 116 valence electrons. The summed E-state index contributed by atoms with van der Waals surface area (Å²) in [7, 11) is 0. The van der Waals surface area contributed by atoms with Gasteiger partial charge in [-0.15, -0.1) is 0 Å². The number of primary amides is 1. The molecule has 0 heterocycles. The zero-order valence-electron chi connectivity index (χ0n) is 11.5. The minimum Gasteiger partial charge on any atom is -0.465 e. The van der Waals surface area contributed by atoms with E-state index in [1.165, 1.54) is 12.1 Å². The van der Waals surface area contributed by atoms with E-state index in [1.54, 1.807) is 42.5 Å². The summed E-state index contributed by atoms with van der Waals surface area (Å²) in [6, 6.07) is 14.5. The van der Waals surface area contributed by atoms with Crippen LogP contribution in [0.15, 0.2) is 54.6 Å². The molecular weight excluding hydrogens is 290 g/mol. The van der Waals surface area contributed by atoms with Gasteiger partial charge in [0.1, 0.15) is 5.56 Å². The Morgan fingerprint density at radius 3 is 1.95 bits per heavy atom. The first-order valence-electron chi connectivity index (χ1n) is 5.75. The Morgan fingerprint density at radius 2 is 1.45 bits per heavy atom. The van der Waals surface area contributed by atoms with Crippen molar-refractivity contribution in [1.82, 2.24) is 6.15 Å². The molecule has 0 spiro atoms. The van der Waals surface area contributed by atoms with Crippen LogP contribution in [0.5, 0.6) is 0 Å². The first-order chi connectivity index (χ1) is 9.93. The Balaban J connectivity index is 0.000000791. The minimum atomic E-state index is -1.33. The molecule has 0 radical (unpaired) electrons. The molecular formula is C14H15N3O5. The van der Waals surface area contributed by atoms with E-state index in [0.29, 0.717) is 5.56 Å². The summed E-state index contributed by atoms with van der Waals surface area (Å²) in [5.74, 6) is -0.335. The standard InChI is InChI=1S/C13H9NO3.CH3NO2.H3N/c15-13(10-6-2-1-3-7-10)11-8-4-5-9-12(11)14(16)17;2-1(3)4;/h1-9H;2H2,(H,3,4);1H3. The van der Waals surface area contributed by atoms with Gasteiger partial charge in [0.15, 0.2) is 5.78 Å². The molecule has 0 aliphatic rings. The largest absolute Gasteiger partial charge is 0.465 e. The molecule has 22 heavy (non-hydrogen) atoms. The maximum Gasteiger partial charge on any atom is 0.402 e. The zero-order valence-corrected chi connectivity index (χ0v) is 11.5. The first-order valence-corrected chi connectivity index (χ1v) is 5.75. The third kappa shape index (κ3) is 5.39. The van der Waals surface area contributed by atoms with Gasteiger partial charge in [-0.1, -0.05) is 42.5 Å². The van der Waals surface area contributed by atoms with E-state index in [9.17, 15) is 14.9 Å². The highest BCUT2D eigenvalue weighted by atomic mass is 16.6. The van der Waals surface area contributed by atoms with E-state index in [0.717, 1.165) is 0 Å². The lowest BCUT2D eigenvalue weighted by atomic mass is 10.0. The third-order valence-corrected chi connectivity index (χ3v) is 2.38. The Morgan fingerprint density at radius 1 is 1.00 bits per heavy atom. The predicted molar refractivity (Wildman–Crippen MR) is 80.2 cm³/mol. The smallest absolute Gasteiger partial charge is 0.402 e. The molecule has 0 aliphatic heterocycles. The number of nitro benzene ring substituents is 1. The van der Waals surface area contributed by atoms with Crippen LogP contribution in [-0.4, -0.2) is 21.9 Å². The van der Waals surface area contributed by atoms with Gasteiger partial charge >= 0.3 is 6.09 Å². The van der Waals surface area contributed by atoms with Crippen molar-refractivity contribution in [3.63, 3.8) is 0 Å². The summed E-state index contributed by atoms with van der Waals surface area (Å²) in [5, 5.41) is 18.0. The number of nitro groups is 1. The number of rotatable bonds is 3. The molecule has 2 aromatic carbocycles. The fraction of sp³-hybridized carbons (Fsp3) is 0.